The molecule has 0 saturated carbocycles. The first-order valence-corrected chi connectivity index (χ1v) is 15.9. The fourth-order valence-electron chi connectivity index (χ4n) is 6.74. The fraction of sp³-hybridized carbons (Fsp3) is 0. The Hall–Kier alpha value is -6.59. The van der Waals surface area contributed by atoms with Crippen LogP contribution in [0.2, 0.25) is 0 Å². The second-order valence-electron chi connectivity index (χ2n) is 11.8. The van der Waals surface area contributed by atoms with Crippen molar-refractivity contribution in [3.05, 3.63) is 169 Å². The molecule has 0 amide bonds. The molecule has 0 radical (unpaired) electrons. The van der Waals surface area contributed by atoms with Crippen LogP contribution in [0.5, 0.6) is 0 Å². The summed E-state index contributed by atoms with van der Waals surface area (Å²) in [7, 11) is 0. The normalized spacial score (nSPS) is 12.3. The maximum atomic E-state index is 9.49. The van der Waals surface area contributed by atoms with Gasteiger partial charge in [0.05, 0.1) is 11.0 Å². The Kier molecular flexibility index (Phi) is 6.54. The smallest absolute Gasteiger partial charge is 0.229 e. The number of para-hydroxylation sites is 3. The van der Waals surface area contributed by atoms with E-state index < -0.39 is 0 Å². The van der Waals surface area contributed by atoms with Crippen molar-refractivity contribution in [1.29, 1.82) is 5.41 Å². The van der Waals surface area contributed by atoms with E-state index in [0.29, 0.717) is 5.84 Å². The molecule has 0 saturated heterocycles. The lowest BCUT2D eigenvalue weighted by molar-refractivity contribution is 0.672. The molecule has 226 valence electrons. The van der Waals surface area contributed by atoms with Crippen LogP contribution >= 0.6 is 0 Å². The lowest BCUT2D eigenvalue weighted by Crippen LogP contribution is -2.11. The molecule has 0 fully saturated rings. The Labute approximate surface area is 276 Å². The molecule has 5 heteroatoms. The lowest BCUT2D eigenvalue weighted by atomic mass is 9.96. The van der Waals surface area contributed by atoms with E-state index in [-0.39, 0.29) is 5.96 Å². The lowest BCUT2D eigenvalue weighted by Gasteiger charge is -2.11. The van der Waals surface area contributed by atoms with Crippen LogP contribution in [0, 0.1) is 5.41 Å². The van der Waals surface area contributed by atoms with Crippen molar-refractivity contribution in [2.45, 2.75) is 0 Å². The Morgan fingerprint density at radius 2 is 1.21 bits per heavy atom. The van der Waals surface area contributed by atoms with E-state index in [2.05, 4.69) is 66.7 Å². The zero-order chi connectivity index (χ0) is 32.0. The SMILES string of the molecule is N=C(/N=C(\N=Cc1ccccc1)c1cc2cc(-c3ccccc3)ccc2c2oc3ccccc3c12)n1c2ccccc2c2ccccc21. The highest BCUT2D eigenvalue weighted by Crippen LogP contribution is 2.39. The van der Waals surface area contributed by atoms with Gasteiger partial charge in [-0.05, 0) is 58.5 Å². The summed E-state index contributed by atoms with van der Waals surface area (Å²) in [6, 6.07) is 53.3. The summed E-state index contributed by atoms with van der Waals surface area (Å²) >= 11 is 0. The summed E-state index contributed by atoms with van der Waals surface area (Å²) in [6.45, 7) is 0. The van der Waals surface area contributed by atoms with E-state index >= 15 is 0 Å². The average Bonchev–Trinajstić information content (AvgIpc) is 3.70. The number of aromatic nitrogens is 1. The molecule has 0 aliphatic carbocycles. The Balaban J connectivity index is 1.33. The third kappa shape index (κ3) is 4.60. The number of amidine groups is 1. The highest BCUT2D eigenvalue weighted by Gasteiger charge is 2.20. The Morgan fingerprint density at radius 3 is 1.94 bits per heavy atom. The van der Waals surface area contributed by atoms with Crippen LogP contribution < -0.4 is 0 Å². The minimum Gasteiger partial charge on any atom is -0.455 e. The number of benzene rings is 7. The van der Waals surface area contributed by atoms with Crippen molar-refractivity contribution in [2.75, 3.05) is 0 Å². The van der Waals surface area contributed by atoms with Crippen LogP contribution in [0.25, 0.3) is 65.6 Å². The average molecular weight is 617 g/mol. The van der Waals surface area contributed by atoms with Gasteiger partial charge in [0.15, 0.2) is 5.84 Å². The van der Waals surface area contributed by atoms with Crippen molar-refractivity contribution in [1.82, 2.24) is 4.57 Å². The van der Waals surface area contributed by atoms with Crippen LogP contribution in [0.15, 0.2) is 172 Å². The van der Waals surface area contributed by atoms with Gasteiger partial charge in [-0.15, -0.1) is 0 Å². The van der Waals surface area contributed by atoms with Crippen molar-refractivity contribution in [3.8, 4) is 11.1 Å². The summed E-state index contributed by atoms with van der Waals surface area (Å²) < 4.78 is 8.50. The second-order valence-corrected chi connectivity index (χ2v) is 11.8. The molecule has 0 unspecified atom stereocenters. The number of furan rings is 1. The minimum absolute atomic E-state index is 0.0756. The molecule has 0 atom stereocenters. The van der Waals surface area contributed by atoms with E-state index in [9.17, 15) is 5.41 Å². The number of nitrogens with one attached hydrogen (secondary N) is 1. The second kappa shape index (κ2) is 11.3. The summed E-state index contributed by atoms with van der Waals surface area (Å²) in [4.78, 5) is 10.1. The number of aliphatic imine (C=N–C) groups is 2. The first-order chi connectivity index (χ1) is 23.7. The van der Waals surface area contributed by atoms with Crippen molar-refractivity contribution < 1.29 is 4.42 Å². The molecular formula is C43H28N4O. The van der Waals surface area contributed by atoms with Crippen LogP contribution in [-0.2, 0) is 0 Å². The Bertz CT molecular complexity index is 2680. The standard InChI is InChI=1S/C43H28N4O/c44-43(47-37-20-10-7-17-33(37)34-18-8-11-21-38(34)47)46-42(45-27-28-13-3-1-4-14-28)36-26-31-25-30(29-15-5-2-6-16-29)23-24-32(31)41-40(36)35-19-9-12-22-39(35)48-41/h1-27,44H/b44-43?,45-27?,46-42-. The number of hydrogen-bond acceptors (Lipinski definition) is 2. The summed E-state index contributed by atoms with van der Waals surface area (Å²) in [5, 5.41) is 15.5. The van der Waals surface area contributed by atoms with Gasteiger partial charge in [0.25, 0.3) is 0 Å². The van der Waals surface area contributed by atoms with Gasteiger partial charge in [-0.1, -0.05) is 121 Å². The third-order valence-electron chi connectivity index (χ3n) is 8.95. The van der Waals surface area contributed by atoms with Crippen molar-refractivity contribution >= 4 is 72.5 Å². The molecule has 0 bridgehead atoms. The molecule has 0 aliphatic rings. The molecule has 2 heterocycles. The molecule has 9 rings (SSSR count). The van der Waals surface area contributed by atoms with E-state index in [4.69, 9.17) is 14.4 Å². The Morgan fingerprint density at radius 1 is 0.583 bits per heavy atom. The number of hydrogen-bond donors (Lipinski definition) is 1. The number of fused-ring (bicyclic) bond motifs is 8. The molecule has 9 aromatic rings. The number of nitrogens with zero attached hydrogens (tertiary/aromatic N) is 3. The quantitative estimate of drug-likeness (QED) is 0.156. The van der Waals surface area contributed by atoms with Gasteiger partial charge in [0.1, 0.15) is 11.2 Å². The maximum absolute atomic E-state index is 9.49. The van der Waals surface area contributed by atoms with Gasteiger partial charge < -0.3 is 4.42 Å². The first-order valence-electron chi connectivity index (χ1n) is 15.9. The summed E-state index contributed by atoms with van der Waals surface area (Å²) in [6.07, 6.45) is 1.82. The topological polar surface area (TPSA) is 66.6 Å². The van der Waals surface area contributed by atoms with Gasteiger partial charge in [-0.25, -0.2) is 4.99 Å². The van der Waals surface area contributed by atoms with Crippen LogP contribution in [0.4, 0.5) is 0 Å². The summed E-state index contributed by atoms with van der Waals surface area (Å²) in [5.41, 5.74) is 7.38. The fourth-order valence-corrected chi connectivity index (χ4v) is 6.74. The minimum atomic E-state index is 0.0756. The van der Waals surface area contributed by atoms with E-state index in [1.165, 1.54) is 0 Å². The van der Waals surface area contributed by atoms with Gasteiger partial charge >= 0.3 is 0 Å². The van der Waals surface area contributed by atoms with Crippen molar-refractivity contribution in [2.24, 2.45) is 9.98 Å². The zero-order valence-corrected chi connectivity index (χ0v) is 25.8. The molecule has 0 aliphatic heterocycles. The maximum Gasteiger partial charge on any atom is 0.229 e. The number of rotatable bonds is 3. The zero-order valence-electron chi connectivity index (χ0n) is 25.8. The molecule has 48 heavy (non-hydrogen) atoms. The van der Waals surface area contributed by atoms with Gasteiger partial charge in [0.2, 0.25) is 5.96 Å². The van der Waals surface area contributed by atoms with Gasteiger partial charge in [-0.3, -0.25) is 9.98 Å². The van der Waals surface area contributed by atoms with Crippen LogP contribution in [0.1, 0.15) is 11.1 Å². The summed E-state index contributed by atoms with van der Waals surface area (Å²) in [5.74, 6) is 0.501. The van der Waals surface area contributed by atoms with Gasteiger partial charge in [-0.2, -0.15) is 4.99 Å². The highest BCUT2D eigenvalue weighted by molar-refractivity contribution is 6.27. The molecule has 2 aromatic heterocycles. The van der Waals surface area contributed by atoms with Crippen LogP contribution in [0.3, 0.4) is 0 Å². The highest BCUT2D eigenvalue weighted by atomic mass is 16.3. The van der Waals surface area contributed by atoms with E-state index in [1.54, 1.807) is 0 Å². The molecule has 1 N–H and O–H groups in total. The third-order valence-corrected chi connectivity index (χ3v) is 8.95. The molecular weight excluding hydrogens is 589 g/mol. The molecule has 7 aromatic carbocycles. The first kappa shape index (κ1) is 27.7. The molecule has 0 spiro atoms. The largest absolute Gasteiger partial charge is 0.455 e. The van der Waals surface area contributed by atoms with E-state index in [0.717, 1.165) is 76.8 Å². The van der Waals surface area contributed by atoms with Crippen molar-refractivity contribution in [3.63, 3.8) is 0 Å². The predicted molar refractivity (Wildman–Crippen MR) is 200 cm³/mol. The van der Waals surface area contributed by atoms with E-state index in [1.807, 2.05) is 102 Å². The monoisotopic (exact) mass is 616 g/mol. The van der Waals surface area contributed by atoms with Crippen LogP contribution in [-0.4, -0.2) is 22.6 Å². The molecule has 5 nitrogen and oxygen atoms in total. The predicted octanol–water partition coefficient (Wildman–Crippen LogP) is 10.9. The van der Waals surface area contributed by atoms with Gasteiger partial charge in [0, 0.05) is 38.7 Å².